The Labute approximate surface area is 147 Å². The summed E-state index contributed by atoms with van der Waals surface area (Å²) in [6.45, 7) is 16.0. The Morgan fingerprint density at radius 2 is 1.50 bits per heavy atom. The molecule has 0 aliphatic heterocycles. The maximum Gasteiger partial charge on any atom is 0.192 e. The molecule has 0 aromatic heterocycles. The third kappa shape index (κ3) is 2.89. The van der Waals surface area contributed by atoms with Gasteiger partial charge in [0.25, 0.3) is 0 Å². The predicted octanol–water partition coefficient (Wildman–Crippen LogP) is 6.56. The van der Waals surface area contributed by atoms with E-state index in [1.54, 1.807) is 0 Å². The van der Waals surface area contributed by atoms with Crippen molar-refractivity contribution in [2.45, 2.75) is 50.9 Å². The molecule has 0 saturated carbocycles. The van der Waals surface area contributed by atoms with Crippen LogP contribution in [0.4, 0.5) is 0 Å². The Kier molecular flexibility index (Phi) is 4.31. The van der Waals surface area contributed by atoms with Crippen molar-refractivity contribution in [1.29, 1.82) is 0 Å². The molecule has 2 heteroatoms. The van der Waals surface area contributed by atoms with Crippen molar-refractivity contribution in [2.24, 2.45) is 0 Å². The highest BCUT2D eigenvalue weighted by Gasteiger charge is 2.45. The molecule has 0 unspecified atom stereocenters. The van der Waals surface area contributed by atoms with Crippen molar-refractivity contribution in [3.8, 4) is 0 Å². The molecule has 2 aromatic carbocycles. The van der Waals surface area contributed by atoms with E-state index in [0.29, 0.717) is 0 Å². The number of benzene rings is 2. The van der Waals surface area contributed by atoms with Gasteiger partial charge in [0.1, 0.15) is 0 Å². The molecule has 0 amide bonds. The van der Waals surface area contributed by atoms with E-state index < -0.39 is 8.32 Å². The van der Waals surface area contributed by atoms with Crippen LogP contribution >= 0.6 is 0 Å². The van der Waals surface area contributed by atoms with Crippen LogP contribution in [0.3, 0.4) is 0 Å². The first-order valence-electron chi connectivity index (χ1n) is 8.73. The Balaban J connectivity index is 2.07. The van der Waals surface area contributed by atoms with Crippen LogP contribution in [0.15, 0.2) is 61.2 Å². The van der Waals surface area contributed by atoms with Gasteiger partial charge in [-0.05, 0) is 40.4 Å². The van der Waals surface area contributed by atoms with E-state index in [0.717, 1.165) is 0 Å². The second kappa shape index (κ2) is 6.02. The van der Waals surface area contributed by atoms with Crippen molar-refractivity contribution in [3.05, 3.63) is 77.9 Å². The van der Waals surface area contributed by atoms with Crippen LogP contribution in [0.2, 0.25) is 18.1 Å². The highest BCUT2D eigenvalue weighted by atomic mass is 28.4. The van der Waals surface area contributed by atoms with E-state index in [4.69, 9.17) is 4.43 Å². The van der Waals surface area contributed by atoms with Crippen LogP contribution < -0.4 is 0 Å². The molecule has 1 aliphatic rings. The standard InChI is InChI=1S/C22H28OSi/c1-16-18-14-10-11-15-19(18)21(23-24(5,6)22(2,3)4)20(16)17-12-8-7-9-13-17/h7-15,20-21H,1H2,2-6H3/t20-,21+/m1/s1. The van der Waals surface area contributed by atoms with E-state index in [1.807, 2.05) is 0 Å². The predicted molar refractivity (Wildman–Crippen MR) is 106 cm³/mol. The summed E-state index contributed by atoms with van der Waals surface area (Å²) in [5.74, 6) is 0.206. The quantitative estimate of drug-likeness (QED) is 0.577. The Morgan fingerprint density at radius 1 is 0.917 bits per heavy atom. The smallest absolute Gasteiger partial charge is 0.192 e. The summed E-state index contributed by atoms with van der Waals surface area (Å²) in [5, 5.41) is 0.188. The van der Waals surface area contributed by atoms with Crippen LogP contribution in [0, 0.1) is 0 Å². The summed E-state index contributed by atoms with van der Waals surface area (Å²) in [5.41, 5.74) is 5.03. The van der Waals surface area contributed by atoms with Gasteiger partial charge in [-0.2, -0.15) is 0 Å². The van der Waals surface area contributed by atoms with Gasteiger partial charge in [0.2, 0.25) is 0 Å². The van der Waals surface area contributed by atoms with Gasteiger partial charge in [-0.1, -0.05) is 81.9 Å². The van der Waals surface area contributed by atoms with Crippen molar-refractivity contribution >= 4 is 13.9 Å². The van der Waals surface area contributed by atoms with E-state index in [-0.39, 0.29) is 17.1 Å². The van der Waals surface area contributed by atoms with Crippen molar-refractivity contribution in [1.82, 2.24) is 0 Å². The summed E-state index contributed by atoms with van der Waals surface area (Å²) in [4.78, 5) is 0. The van der Waals surface area contributed by atoms with Crippen LogP contribution in [0.25, 0.3) is 5.57 Å². The average Bonchev–Trinajstić information content (AvgIpc) is 2.80. The molecule has 0 radical (unpaired) electrons. The highest BCUT2D eigenvalue weighted by Crippen LogP contribution is 2.54. The largest absolute Gasteiger partial charge is 0.409 e. The number of fused-ring (bicyclic) bond motifs is 1. The van der Waals surface area contributed by atoms with Crippen LogP contribution in [0.5, 0.6) is 0 Å². The normalized spacial score (nSPS) is 21.0. The fourth-order valence-corrected chi connectivity index (χ4v) is 4.48. The molecule has 1 nitrogen and oxygen atoms in total. The van der Waals surface area contributed by atoms with Crippen LogP contribution in [-0.2, 0) is 4.43 Å². The van der Waals surface area contributed by atoms with Gasteiger partial charge < -0.3 is 4.43 Å². The van der Waals surface area contributed by atoms with Crippen molar-refractivity contribution in [2.75, 3.05) is 0 Å². The fraction of sp³-hybridized carbons (Fsp3) is 0.364. The first kappa shape index (κ1) is 17.2. The topological polar surface area (TPSA) is 9.23 Å². The van der Waals surface area contributed by atoms with Gasteiger partial charge in [-0.3, -0.25) is 0 Å². The van der Waals surface area contributed by atoms with Gasteiger partial charge >= 0.3 is 0 Å². The first-order chi connectivity index (χ1) is 11.2. The molecular weight excluding hydrogens is 308 g/mol. The molecule has 2 atom stereocenters. The third-order valence-electron chi connectivity index (χ3n) is 5.68. The minimum atomic E-state index is -1.88. The minimum Gasteiger partial charge on any atom is -0.409 e. The van der Waals surface area contributed by atoms with Gasteiger partial charge in [0, 0.05) is 5.92 Å². The molecule has 0 heterocycles. The van der Waals surface area contributed by atoms with Crippen molar-refractivity contribution < 1.29 is 4.43 Å². The molecule has 0 bridgehead atoms. The molecule has 0 N–H and O–H groups in total. The van der Waals surface area contributed by atoms with Crippen molar-refractivity contribution in [3.63, 3.8) is 0 Å². The van der Waals surface area contributed by atoms with Gasteiger partial charge in [0.15, 0.2) is 8.32 Å². The van der Waals surface area contributed by atoms with E-state index in [1.165, 1.54) is 22.3 Å². The first-order valence-corrected chi connectivity index (χ1v) is 11.6. The lowest BCUT2D eigenvalue weighted by molar-refractivity contribution is 0.178. The molecule has 2 aromatic rings. The zero-order chi connectivity index (χ0) is 17.5. The fourth-order valence-electron chi connectivity index (χ4n) is 3.23. The van der Waals surface area contributed by atoms with E-state index in [9.17, 15) is 0 Å². The zero-order valence-corrected chi connectivity index (χ0v) is 16.5. The molecule has 0 fully saturated rings. The zero-order valence-electron chi connectivity index (χ0n) is 15.5. The Hall–Kier alpha value is -1.64. The summed E-state index contributed by atoms with van der Waals surface area (Å²) < 4.78 is 6.91. The summed E-state index contributed by atoms with van der Waals surface area (Å²) in [7, 11) is -1.88. The molecule has 126 valence electrons. The lowest BCUT2D eigenvalue weighted by atomic mass is 9.91. The number of rotatable bonds is 3. The number of hydrogen-bond donors (Lipinski definition) is 0. The lowest BCUT2D eigenvalue weighted by Gasteiger charge is -2.40. The highest BCUT2D eigenvalue weighted by molar-refractivity contribution is 6.74. The molecule has 1 aliphatic carbocycles. The second-order valence-electron chi connectivity index (χ2n) is 8.30. The lowest BCUT2D eigenvalue weighted by Crippen LogP contribution is -2.42. The average molecular weight is 337 g/mol. The van der Waals surface area contributed by atoms with Gasteiger partial charge in [-0.15, -0.1) is 0 Å². The second-order valence-corrected chi connectivity index (χ2v) is 13.1. The minimum absolute atomic E-state index is 0.0667. The molecule has 0 saturated heterocycles. The maximum absolute atomic E-state index is 6.91. The van der Waals surface area contributed by atoms with E-state index in [2.05, 4.69) is 95.0 Å². The van der Waals surface area contributed by atoms with Crippen LogP contribution in [0.1, 0.15) is 49.5 Å². The monoisotopic (exact) mass is 336 g/mol. The van der Waals surface area contributed by atoms with Gasteiger partial charge in [-0.25, -0.2) is 0 Å². The Morgan fingerprint density at radius 3 is 2.12 bits per heavy atom. The SMILES string of the molecule is C=C1c2ccccc2[C@H](O[Si](C)(C)C(C)(C)C)[C@H]1c1ccccc1. The van der Waals surface area contributed by atoms with Crippen LogP contribution in [-0.4, -0.2) is 8.32 Å². The summed E-state index contributed by atoms with van der Waals surface area (Å²) >= 11 is 0. The number of hydrogen-bond acceptors (Lipinski definition) is 1. The summed E-state index contributed by atoms with van der Waals surface area (Å²) in [6, 6.07) is 19.3. The molecule has 3 rings (SSSR count). The summed E-state index contributed by atoms with van der Waals surface area (Å²) in [6.07, 6.45) is 0.0667. The molecular formula is C22H28OSi. The molecule has 0 spiro atoms. The Bertz CT molecular complexity index is 740. The molecule has 24 heavy (non-hydrogen) atoms. The maximum atomic E-state index is 6.91. The van der Waals surface area contributed by atoms with E-state index >= 15 is 0 Å². The third-order valence-corrected chi connectivity index (χ3v) is 10.1. The van der Waals surface area contributed by atoms with Gasteiger partial charge in [0.05, 0.1) is 6.10 Å².